The molecule has 0 aromatic rings. The van der Waals surface area contributed by atoms with Gasteiger partial charge >= 0.3 is 0 Å². The van der Waals surface area contributed by atoms with Crippen LogP contribution in [0.15, 0.2) is 0 Å². The molecule has 0 aromatic carbocycles. The Bertz CT molecular complexity index is 89.7. The Balaban J connectivity index is 0. The Morgan fingerprint density at radius 1 is 0.471 bits per heavy atom. The summed E-state index contributed by atoms with van der Waals surface area (Å²) in [6, 6.07) is 0. The number of rotatable bonds is 11. The van der Waals surface area contributed by atoms with Gasteiger partial charge in [0.2, 0.25) is 0 Å². The largest absolute Gasteiger partial charge is 0.330 e. The summed E-state index contributed by atoms with van der Waals surface area (Å²) < 4.78 is 0. The van der Waals surface area contributed by atoms with Crippen molar-refractivity contribution in [3.8, 4) is 0 Å². The lowest BCUT2D eigenvalue weighted by molar-refractivity contribution is 0.562. The van der Waals surface area contributed by atoms with Gasteiger partial charge in [-0.05, 0) is 13.0 Å². The molecule has 0 rings (SSSR count). The van der Waals surface area contributed by atoms with E-state index in [4.69, 9.17) is 5.73 Å². The van der Waals surface area contributed by atoms with E-state index < -0.39 is 0 Å². The summed E-state index contributed by atoms with van der Waals surface area (Å²) in [4.78, 5) is 0. The van der Waals surface area contributed by atoms with Crippen molar-refractivity contribution in [2.75, 3.05) is 6.54 Å². The van der Waals surface area contributed by atoms with Crippen molar-refractivity contribution in [2.24, 2.45) is 5.73 Å². The van der Waals surface area contributed by atoms with Crippen LogP contribution in [0.2, 0.25) is 0 Å². The average molecular weight is 243 g/mol. The van der Waals surface area contributed by atoms with Gasteiger partial charge in [0.15, 0.2) is 0 Å². The molecule has 0 unspecified atom stereocenters. The van der Waals surface area contributed by atoms with E-state index in [0.717, 1.165) is 6.54 Å². The van der Waals surface area contributed by atoms with Crippen molar-refractivity contribution < 1.29 is 0 Å². The van der Waals surface area contributed by atoms with Gasteiger partial charge in [-0.2, -0.15) is 0 Å². The first-order chi connectivity index (χ1) is 8.33. The lowest BCUT2D eigenvalue weighted by atomic mass is 10.1. The second-order valence-electron chi connectivity index (χ2n) is 4.97. The standard InChI is InChI=1S/C12H26.C4H11N/c1-3-5-7-9-11-12-10-8-6-4-2;1-2-3-4-5/h3-12H2,1-2H3;2-5H2,1H3. The molecule has 0 heterocycles. The molecule has 0 saturated heterocycles. The highest BCUT2D eigenvalue weighted by molar-refractivity contribution is 4.45. The lowest BCUT2D eigenvalue weighted by Crippen LogP contribution is -1.95. The number of nitrogens with two attached hydrogens (primary N) is 1. The first kappa shape index (κ1) is 19.3. The quantitative estimate of drug-likeness (QED) is 0.465. The third kappa shape index (κ3) is 25.9. The van der Waals surface area contributed by atoms with Crippen molar-refractivity contribution in [3.05, 3.63) is 0 Å². The average Bonchev–Trinajstić information content (AvgIpc) is 2.34. The van der Waals surface area contributed by atoms with Gasteiger partial charge in [0.1, 0.15) is 0 Å². The van der Waals surface area contributed by atoms with Crippen LogP contribution < -0.4 is 5.73 Å². The minimum absolute atomic E-state index is 0.844. The molecule has 0 spiro atoms. The molecule has 0 amide bonds. The van der Waals surface area contributed by atoms with Crippen LogP contribution in [0, 0.1) is 0 Å². The van der Waals surface area contributed by atoms with Crippen LogP contribution in [0.5, 0.6) is 0 Å². The van der Waals surface area contributed by atoms with Gasteiger partial charge < -0.3 is 5.73 Å². The van der Waals surface area contributed by atoms with E-state index in [0.29, 0.717) is 0 Å². The summed E-state index contributed by atoms with van der Waals surface area (Å²) in [5.74, 6) is 0. The summed E-state index contributed by atoms with van der Waals surface area (Å²) in [5, 5.41) is 0. The van der Waals surface area contributed by atoms with Crippen LogP contribution in [-0.4, -0.2) is 6.54 Å². The van der Waals surface area contributed by atoms with Gasteiger partial charge in [0, 0.05) is 0 Å². The van der Waals surface area contributed by atoms with Crippen molar-refractivity contribution in [3.63, 3.8) is 0 Å². The predicted octanol–water partition coefficient (Wildman–Crippen LogP) is 5.67. The third-order valence-corrected chi connectivity index (χ3v) is 3.01. The Morgan fingerprint density at radius 2 is 0.765 bits per heavy atom. The zero-order valence-corrected chi connectivity index (χ0v) is 12.8. The summed E-state index contributed by atoms with van der Waals surface area (Å²) in [6.07, 6.45) is 16.8. The predicted molar refractivity (Wildman–Crippen MR) is 81.5 cm³/mol. The van der Waals surface area contributed by atoms with Crippen LogP contribution in [0.4, 0.5) is 0 Å². The van der Waals surface area contributed by atoms with Crippen LogP contribution in [-0.2, 0) is 0 Å². The molecule has 2 N–H and O–H groups in total. The topological polar surface area (TPSA) is 26.0 Å². The minimum atomic E-state index is 0.844. The van der Waals surface area contributed by atoms with Crippen molar-refractivity contribution in [2.45, 2.75) is 97.8 Å². The lowest BCUT2D eigenvalue weighted by Gasteiger charge is -1.99. The van der Waals surface area contributed by atoms with Crippen LogP contribution in [0.3, 0.4) is 0 Å². The van der Waals surface area contributed by atoms with E-state index in [1.54, 1.807) is 0 Å². The zero-order valence-electron chi connectivity index (χ0n) is 12.8. The fourth-order valence-corrected chi connectivity index (χ4v) is 1.76. The highest BCUT2D eigenvalue weighted by Crippen LogP contribution is 2.09. The van der Waals surface area contributed by atoms with Crippen molar-refractivity contribution in [1.29, 1.82) is 0 Å². The molecule has 0 aromatic heterocycles. The van der Waals surface area contributed by atoms with E-state index in [1.165, 1.54) is 77.0 Å². The molecule has 1 heteroatoms. The number of hydrogen-bond donors (Lipinski definition) is 1. The van der Waals surface area contributed by atoms with E-state index in [-0.39, 0.29) is 0 Å². The van der Waals surface area contributed by atoms with Gasteiger partial charge in [-0.3, -0.25) is 0 Å². The molecule has 0 bridgehead atoms. The molecule has 17 heavy (non-hydrogen) atoms. The number of hydrogen-bond acceptors (Lipinski definition) is 1. The Kier molecular flexibility index (Phi) is 24.1. The second-order valence-corrected chi connectivity index (χ2v) is 4.97. The summed E-state index contributed by atoms with van der Waals surface area (Å²) in [7, 11) is 0. The van der Waals surface area contributed by atoms with E-state index >= 15 is 0 Å². The highest BCUT2D eigenvalue weighted by atomic mass is 14.5. The minimum Gasteiger partial charge on any atom is -0.330 e. The maximum absolute atomic E-state index is 5.14. The van der Waals surface area contributed by atoms with Gasteiger partial charge in [0.25, 0.3) is 0 Å². The van der Waals surface area contributed by atoms with Gasteiger partial charge in [-0.1, -0.05) is 91.4 Å². The maximum Gasteiger partial charge on any atom is -0.00774 e. The van der Waals surface area contributed by atoms with Gasteiger partial charge in [-0.15, -0.1) is 0 Å². The smallest absolute Gasteiger partial charge is 0.00774 e. The maximum atomic E-state index is 5.14. The summed E-state index contributed by atoms with van der Waals surface area (Å²) in [5.41, 5.74) is 5.14. The Hall–Kier alpha value is -0.0400. The molecule has 0 aliphatic carbocycles. The third-order valence-electron chi connectivity index (χ3n) is 3.01. The SMILES string of the molecule is CCCCCCCCCCCC.CCCCN. The number of unbranched alkanes of at least 4 members (excludes halogenated alkanes) is 10. The summed E-state index contributed by atoms with van der Waals surface area (Å²) >= 11 is 0. The van der Waals surface area contributed by atoms with E-state index in [1.807, 2.05) is 0 Å². The fourth-order valence-electron chi connectivity index (χ4n) is 1.76. The van der Waals surface area contributed by atoms with E-state index in [2.05, 4.69) is 20.8 Å². The summed E-state index contributed by atoms with van der Waals surface area (Å²) in [6.45, 7) is 7.53. The van der Waals surface area contributed by atoms with Gasteiger partial charge in [-0.25, -0.2) is 0 Å². The molecule has 0 aliphatic heterocycles. The van der Waals surface area contributed by atoms with Crippen LogP contribution in [0.25, 0.3) is 0 Å². The second kappa shape index (κ2) is 21.3. The monoisotopic (exact) mass is 243 g/mol. The zero-order chi connectivity index (χ0) is 13.2. The molecule has 106 valence electrons. The molecule has 0 radical (unpaired) electrons. The Labute approximate surface area is 111 Å². The molecular formula is C16H37N. The van der Waals surface area contributed by atoms with Crippen molar-refractivity contribution in [1.82, 2.24) is 0 Å². The van der Waals surface area contributed by atoms with Gasteiger partial charge in [0.05, 0.1) is 0 Å². The van der Waals surface area contributed by atoms with E-state index in [9.17, 15) is 0 Å². The molecule has 0 aliphatic rings. The van der Waals surface area contributed by atoms with Crippen LogP contribution in [0.1, 0.15) is 97.8 Å². The molecule has 0 fully saturated rings. The molecule has 0 saturated carbocycles. The first-order valence-electron chi connectivity index (χ1n) is 8.03. The highest BCUT2D eigenvalue weighted by Gasteiger charge is 1.90. The molecule has 0 atom stereocenters. The fraction of sp³-hybridized carbons (Fsp3) is 1.00. The Morgan fingerprint density at radius 3 is 0.941 bits per heavy atom. The normalized spacial score (nSPS) is 9.88. The van der Waals surface area contributed by atoms with Crippen molar-refractivity contribution >= 4 is 0 Å². The molecule has 1 nitrogen and oxygen atoms in total. The first-order valence-corrected chi connectivity index (χ1v) is 8.03. The van der Waals surface area contributed by atoms with Crippen LogP contribution >= 0.6 is 0 Å². The molecular weight excluding hydrogens is 206 g/mol.